The topological polar surface area (TPSA) is 102 Å². The van der Waals surface area contributed by atoms with Gasteiger partial charge in [-0.3, -0.25) is 14.5 Å². The van der Waals surface area contributed by atoms with Crippen molar-refractivity contribution in [2.24, 2.45) is 13.0 Å². The first kappa shape index (κ1) is 17.4. The average molecular weight is 372 g/mol. The third-order valence-corrected chi connectivity index (χ3v) is 7.26. The maximum absolute atomic E-state index is 12.1. The van der Waals surface area contributed by atoms with Gasteiger partial charge in [0.25, 0.3) is 0 Å². The van der Waals surface area contributed by atoms with Gasteiger partial charge >= 0.3 is 0 Å². The smallest absolute Gasteiger partial charge is 0.239 e. The Kier molecular flexibility index (Phi) is 4.95. The van der Waals surface area contributed by atoms with Crippen LogP contribution >= 0.6 is 11.8 Å². The van der Waals surface area contributed by atoms with Crippen LogP contribution in [0.4, 0.5) is 0 Å². The van der Waals surface area contributed by atoms with Crippen molar-refractivity contribution in [3.63, 3.8) is 0 Å². The molecule has 1 aromatic heterocycles. The molecule has 2 amide bonds. The van der Waals surface area contributed by atoms with E-state index >= 15 is 0 Å². The van der Waals surface area contributed by atoms with Gasteiger partial charge in [-0.2, -0.15) is 0 Å². The molecule has 2 saturated heterocycles. The molecule has 3 rings (SSSR count). The lowest BCUT2D eigenvalue weighted by atomic mass is 10.1. The van der Waals surface area contributed by atoms with E-state index in [9.17, 15) is 18.0 Å². The molecule has 0 aromatic carbocycles. The van der Waals surface area contributed by atoms with Crippen LogP contribution in [0.15, 0.2) is 5.16 Å². The molecular weight excluding hydrogens is 352 g/mol. The maximum Gasteiger partial charge on any atom is 0.239 e. The predicted molar refractivity (Wildman–Crippen MR) is 88.1 cm³/mol. The normalized spacial score (nSPS) is 23.1. The average Bonchev–Trinajstić information content (AvgIpc) is 3.19. The molecule has 0 saturated carbocycles. The monoisotopic (exact) mass is 372 g/mol. The van der Waals surface area contributed by atoms with Gasteiger partial charge in [0.15, 0.2) is 15.0 Å². The fraction of sp³-hybridized carbons (Fsp3) is 0.714. The Labute approximate surface area is 144 Å². The summed E-state index contributed by atoms with van der Waals surface area (Å²) in [5, 5.41) is 8.81. The SMILES string of the molecule is Cn1c(C[C@H]2CCS(=O)(=O)C2)nnc1SCC(=O)N1CCCC1=O. The highest BCUT2D eigenvalue weighted by molar-refractivity contribution is 7.99. The lowest BCUT2D eigenvalue weighted by Crippen LogP contribution is -2.33. The third kappa shape index (κ3) is 3.80. The Morgan fingerprint density at radius 3 is 2.79 bits per heavy atom. The van der Waals surface area contributed by atoms with E-state index in [0.29, 0.717) is 31.0 Å². The zero-order chi connectivity index (χ0) is 17.3. The third-order valence-electron chi connectivity index (χ3n) is 4.42. The zero-order valence-electron chi connectivity index (χ0n) is 13.5. The van der Waals surface area contributed by atoms with Crippen LogP contribution in [0.25, 0.3) is 0 Å². The van der Waals surface area contributed by atoms with Crippen LogP contribution in [0.5, 0.6) is 0 Å². The van der Waals surface area contributed by atoms with Gasteiger partial charge in [0.1, 0.15) is 5.82 Å². The van der Waals surface area contributed by atoms with Crippen LogP contribution in [0, 0.1) is 5.92 Å². The Morgan fingerprint density at radius 2 is 2.17 bits per heavy atom. The summed E-state index contributed by atoms with van der Waals surface area (Å²) in [6.07, 6.45) is 2.40. The molecule has 8 nitrogen and oxygen atoms in total. The fourth-order valence-corrected chi connectivity index (χ4v) is 5.72. The van der Waals surface area contributed by atoms with Gasteiger partial charge in [0.05, 0.1) is 17.3 Å². The van der Waals surface area contributed by atoms with E-state index < -0.39 is 9.84 Å². The number of carbonyl (C=O) groups excluding carboxylic acids is 2. The second kappa shape index (κ2) is 6.83. The van der Waals surface area contributed by atoms with E-state index in [2.05, 4.69) is 10.2 Å². The van der Waals surface area contributed by atoms with E-state index in [0.717, 1.165) is 12.2 Å². The van der Waals surface area contributed by atoms with Gasteiger partial charge in [-0.25, -0.2) is 8.42 Å². The van der Waals surface area contributed by atoms with Crippen LogP contribution < -0.4 is 0 Å². The van der Waals surface area contributed by atoms with E-state index in [-0.39, 0.29) is 35.0 Å². The second-order valence-electron chi connectivity index (χ2n) is 6.26. The molecule has 0 bridgehead atoms. The summed E-state index contributed by atoms with van der Waals surface area (Å²) in [5.41, 5.74) is 0. The summed E-state index contributed by atoms with van der Waals surface area (Å²) in [6.45, 7) is 0.498. The van der Waals surface area contributed by atoms with Crippen molar-refractivity contribution in [2.75, 3.05) is 23.8 Å². The summed E-state index contributed by atoms with van der Waals surface area (Å²) >= 11 is 1.25. The fourth-order valence-electron chi connectivity index (χ4n) is 3.06. The summed E-state index contributed by atoms with van der Waals surface area (Å²) in [4.78, 5) is 24.9. The van der Waals surface area contributed by atoms with Crippen molar-refractivity contribution in [3.05, 3.63) is 5.82 Å². The van der Waals surface area contributed by atoms with Gasteiger partial charge in [0.2, 0.25) is 11.8 Å². The van der Waals surface area contributed by atoms with Gasteiger partial charge < -0.3 is 4.57 Å². The first-order valence-corrected chi connectivity index (χ1v) is 10.7. The number of nitrogens with zero attached hydrogens (tertiary/aromatic N) is 4. The van der Waals surface area contributed by atoms with Gasteiger partial charge in [-0.05, 0) is 18.8 Å². The minimum atomic E-state index is -2.90. The molecule has 0 radical (unpaired) electrons. The van der Waals surface area contributed by atoms with Gasteiger partial charge in [-0.1, -0.05) is 11.8 Å². The molecule has 1 aromatic rings. The van der Waals surface area contributed by atoms with Crippen LogP contribution in [-0.2, 0) is 32.9 Å². The van der Waals surface area contributed by atoms with Crippen LogP contribution in [0.1, 0.15) is 25.1 Å². The number of hydrogen-bond acceptors (Lipinski definition) is 7. The maximum atomic E-state index is 12.1. The molecule has 0 unspecified atom stereocenters. The Bertz CT molecular complexity index is 759. The lowest BCUT2D eigenvalue weighted by molar-refractivity contribution is -0.140. The molecule has 24 heavy (non-hydrogen) atoms. The first-order valence-electron chi connectivity index (χ1n) is 7.90. The molecule has 2 fully saturated rings. The van der Waals surface area contributed by atoms with Crippen molar-refractivity contribution in [1.29, 1.82) is 0 Å². The number of thioether (sulfide) groups is 1. The van der Waals surface area contributed by atoms with E-state index in [1.54, 1.807) is 4.57 Å². The van der Waals surface area contributed by atoms with E-state index in [1.807, 2.05) is 7.05 Å². The summed E-state index contributed by atoms with van der Waals surface area (Å²) in [6, 6.07) is 0. The predicted octanol–water partition coefficient (Wildman–Crippen LogP) is 0.0334. The van der Waals surface area contributed by atoms with Gasteiger partial charge in [0, 0.05) is 26.4 Å². The Hall–Kier alpha value is -1.42. The van der Waals surface area contributed by atoms with Crippen molar-refractivity contribution >= 4 is 33.4 Å². The van der Waals surface area contributed by atoms with Crippen LogP contribution in [-0.4, -0.2) is 63.7 Å². The highest BCUT2D eigenvalue weighted by Crippen LogP contribution is 2.24. The van der Waals surface area contributed by atoms with Crippen LogP contribution in [0.2, 0.25) is 0 Å². The highest BCUT2D eigenvalue weighted by atomic mass is 32.2. The number of imide groups is 1. The Balaban J connectivity index is 1.57. The number of sulfone groups is 1. The van der Waals surface area contributed by atoms with Crippen molar-refractivity contribution in [1.82, 2.24) is 19.7 Å². The molecule has 2 aliphatic rings. The molecule has 0 aliphatic carbocycles. The molecule has 0 spiro atoms. The molecule has 10 heteroatoms. The standard InChI is InChI=1S/C14H20N4O4S2/c1-17-11(7-10-4-6-24(21,22)9-10)15-16-14(17)23-8-13(20)18-5-2-3-12(18)19/h10H,2-9H2,1H3/t10-/m1/s1. The molecule has 1 atom stereocenters. The van der Waals surface area contributed by atoms with Crippen molar-refractivity contribution < 1.29 is 18.0 Å². The number of likely N-dealkylation sites (tertiary alicyclic amines) is 1. The Morgan fingerprint density at radius 1 is 1.38 bits per heavy atom. The summed E-state index contributed by atoms with van der Waals surface area (Å²) < 4.78 is 24.9. The summed E-state index contributed by atoms with van der Waals surface area (Å²) in [5.74, 6) is 1.10. The molecular formula is C14H20N4O4S2. The number of rotatable bonds is 5. The van der Waals surface area contributed by atoms with E-state index in [4.69, 9.17) is 0 Å². The largest absolute Gasteiger partial charge is 0.309 e. The highest BCUT2D eigenvalue weighted by Gasteiger charge is 2.30. The number of amides is 2. The number of hydrogen-bond donors (Lipinski definition) is 0. The van der Waals surface area contributed by atoms with Crippen molar-refractivity contribution in [2.45, 2.75) is 30.8 Å². The molecule has 0 N–H and O–H groups in total. The summed E-state index contributed by atoms with van der Waals surface area (Å²) in [7, 11) is -1.09. The molecule has 132 valence electrons. The zero-order valence-corrected chi connectivity index (χ0v) is 15.1. The minimum Gasteiger partial charge on any atom is -0.309 e. The lowest BCUT2D eigenvalue weighted by Gasteiger charge is -2.12. The minimum absolute atomic E-state index is 0.0830. The molecule has 3 heterocycles. The van der Waals surface area contributed by atoms with Crippen LogP contribution in [0.3, 0.4) is 0 Å². The second-order valence-corrected chi connectivity index (χ2v) is 9.43. The first-order chi connectivity index (χ1) is 11.4. The number of aromatic nitrogens is 3. The van der Waals surface area contributed by atoms with Crippen molar-refractivity contribution in [3.8, 4) is 0 Å². The van der Waals surface area contributed by atoms with Gasteiger partial charge in [-0.15, -0.1) is 10.2 Å². The quantitative estimate of drug-likeness (QED) is 0.672. The van der Waals surface area contributed by atoms with E-state index in [1.165, 1.54) is 16.7 Å². The number of carbonyl (C=O) groups is 2. The molecule has 2 aliphatic heterocycles.